The Balaban J connectivity index is 1.58. The van der Waals surface area contributed by atoms with Crippen LogP contribution in [0.3, 0.4) is 0 Å². The van der Waals surface area contributed by atoms with Crippen LogP contribution in [-0.4, -0.2) is 60.2 Å². The summed E-state index contributed by atoms with van der Waals surface area (Å²) in [5.41, 5.74) is 0. The van der Waals surface area contributed by atoms with Crippen molar-refractivity contribution in [2.75, 3.05) is 33.9 Å². The molecule has 1 aliphatic heterocycles. The molecule has 0 aromatic heterocycles. The zero-order chi connectivity index (χ0) is 19.7. The number of hydrogen-bond acceptors (Lipinski definition) is 6. The van der Waals surface area contributed by atoms with E-state index < -0.39 is 20.0 Å². The van der Waals surface area contributed by atoms with Crippen LogP contribution in [0.15, 0.2) is 23.1 Å². The van der Waals surface area contributed by atoms with E-state index in [1.807, 2.05) is 0 Å². The van der Waals surface area contributed by atoms with Gasteiger partial charge < -0.3 is 9.47 Å². The van der Waals surface area contributed by atoms with Crippen LogP contribution in [0.5, 0.6) is 11.5 Å². The number of rotatable bonds is 8. The van der Waals surface area contributed by atoms with Gasteiger partial charge in [-0.2, -0.15) is 0 Å². The number of nitrogens with zero attached hydrogens (tertiary/aromatic N) is 1. The van der Waals surface area contributed by atoms with Crippen molar-refractivity contribution in [1.29, 1.82) is 0 Å². The molecule has 0 amide bonds. The predicted octanol–water partition coefficient (Wildman–Crippen LogP) is 1.19. The first-order valence-electron chi connectivity index (χ1n) is 8.98. The van der Waals surface area contributed by atoms with E-state index in [0.717, 1.165) is 12.8 Å². The summed E-state index contributed by atoms with van der Waals surface area (Å²) < 4.78 is 64.3. The maximum Gasteiger partial charge on any atom is 0.244 e. The Labute approximate surface area is 160 Å². The van der Waals surface area contributed by atoms with Crippen molar-refractivity contribution < 1.29 is 26.3 Å². The molecule has 2 aliphatic rings. The van der Waals surface area contributed by atoms with Gasteiger partial charge in [0.05, 0.1) is 19.5 Å². The molecular weight excluding hydrogens is 392 g/mol. The summed E-state index contributed by atoms with van der Waals surface area (Å²) in [5, 5.41) is -0.199. The Morgan fingerprint density at radius 1 is 1.04 bits per heavy atom. The molecule has 10 heteroatoms. The van der Waals surface area contributed by atoms with Crippen molar-refractivity contribution in [3.63, 3.8) is 0 Å². The van der Waals surface area contributed by atoms with Crippen LogP contribution < -0.4 is 14.2 Å². The number of methoxy groups -OCH3 is 2. The number of nitrogens with one attached hydrogen (secondary N) is 1. The lowest BCUT2D eigenvalue weighted by atomic mass is 9.99. The molecular formula is C17H26N2O6S2. The summed E-state index contributed by atoms with van der Waals surface area (Å²) in [6, 6.07) is 4.54. The van der Waals surface area contributed by atoms with E-state index in [2.05, 4.69) is 4.72 Å². The molecule has 1 heterocycles. The Kier molecular flexibility index (Phi) is 5.99. The molecule has 1 saturated heterocycles. The van der Waals surface area contributed by atoms with Crippen LogP contribution in [-0.2, 0) is 20.0 Å². The van der Waals surface area contributed by atoms with Crippen LogP contribution in [0.4, 0.5) is 0 Å². The third kappa shape index (κ3) is 4.56. The number of ether oxygens (including phenoxy) is 2. The molecule has 0 atom stereocenters. The van der Waals surface area contributed by atoms with E-state index in [0.29, 0.717) is 31.7 Å². The van der Waals surface area contributed by atoms with E-state index in [1.54, 1.807) is 10.4 Å². The maximum atomic E-state index is 12.6. The van der Waals surface area contributed by atoms with E-state index in [-0.39, 0.29) is 28.4 Å². The average molecular weight is 419 g/mol. The SMILES string of the molecule is COc1ccc(S(=O)(=O)NCC2CCN(S(=O)(=O)C3CC3)CC2)c(OC)c1. The fourth-order valence-electron chi connectivity index (χ4n) is 3.25. The third-order valence-electron chi connectivity index (χ3n) is 5.10. The van der Waals surface area contributed by atoms with Crippen molar-refractivity contribution in [2.24, 2.45) is 5.92 Å². The van der Waals surface area contributed by atoms with E-state index in [4.69, 9.17) is 9.47 Å². The summed E-state index contributed by atoms with van der Waals surface area (Å²) >= 11 is 0. The molecule has 3 rings (SSSR count). The van der Waals surface area contributed by atoms with Crippen molar-refractivity contribution in [3.05, 3.63) is 18.2 Å². The maximum absolute atomic E-state index is 12.6. The second kappa shape index (κ2) is 7.94. The van der Waals surface area contributed by atoms with E-state index in [9.17, 15) is 16.8 Å². The molecule has 0 radical (unpaired) electrons. The van der Waals surface area contributed by atoms with Gasteiger partial charge in [0, 0.05) is 25.7 Å². The van der Waals surface area contributed by atoms with Gasteiger partial charge in [0.1, 0.15) is 16.4 Å². The van der Waals surface area contributed by atoms with Crippen LogP contribution in [0.25, 0.3) is 0 Å². The predicted molar refractivity (Wildman–Crippen MR) is 101 cm³/mol. The van der Waals surface area contributed by atoms with Gasteiger partial charge in [-0.1, -0.05) is 0 Å². The lowest BCUT2D eigenvalue weighted by molar-refractivity contribution is 0.274. The quantitative estimate of drug-likeness (QED) is 0.680. The Hall–Kier alpha value is -1.36. The molecule has 152 valence electrons. The lowest BCUT2D eigenvalue weighted by Gasteiger charge is -2.31. The molecule has 0 unspecified atom stereocenters. The summed E-state index contributed by atoms with van der Waals surface area (Å²) in [6.07, 6.45) is 2.81. The minimum Gasteiger partial charge on any atom is -0.497 e. The van der Waals surface area contributed by atoms with Crippen molar-refractivity contribution >= 4 is 20.0 Å². The molecule has 0 spiro atoms. The van der Waals surface area contributed by atoms with Gasteiger partial charge in [-0.05, 0) is 43.7 Å². The molecule has 1 aromatic carbocycles. The first kappa shape index (κ1) is 20.4. The van der Waals surface area contributed by atoms with Crippen molar-refractivity contribution in [1.82, 2.24) is 9.03 Å². The summed E-state index contributed by atoms with van der Waals surface area (Å²) in [6.45, 7) is 1.18. The fourth-order valence-corrected chi connectivity index (χ4v) is 6.38. The smallest absolute Gasteiger partial charge is 0.244 e. The second-order valence-electron chi connectivity index (χ2n) is 6.96. The van der Waals surface area contributed by atoms with E-state index in [1.165, 1.54) is 26.4 Å². The molecule has 1 saturated carbocycles. The second-order valence-corrected chi connectivity index (χ2v) is 10.9. The minimum atomic E-state index is -3.74. The highest BCUT2D eigenvalue weighted by Gasteiger charge is 2.41. The Morgan fingerprint density at radius 2 is 1.70 bits per heavy atom. The molecule has 8 nitrogen and oxygen atoms in total. The molecule has 0 bridgehead atoms. The normalized spacial score (nSPS) is 19.8. The minimum absolute atomic E-state index is 0.0551. The van der Waals surface area contributed by atoms with Crippen molar-refractivity contribution in [3.8, 4) is 11.5 Å². The van der Waals surface area contributed by atoms with Crippen LogP contribution in [0.2, 0.25) is 0 Å². The van der Waals surface area contributed by atoms with Gasteiger partial charge in [0.15, 0.2) is 0 Å². The number of sulfonamides is 2. The lowest BCUT2D eigenvalue weighted by Crippen LogP contribution is -2.42. The molecule has 27 heavy (non-hydrogen) atoms. The molecule has 1 aliphatic carbocycles. The summed E-state index contributed by atoms with van der Waals surface area (Å²) in [5.74, 6) is 0.830. The van der Waals surface area contributed by atoms with Gasteiger partial charge in [-0.15, -0.1) is 0 Å². The number of piperidine rings is 1. The number of hydrogen-bond donors (Lipinski definition) is 1. The zero-order valence-corrected chi connectivity index (χ0v) is 17.2. The summed E-state index contributed by atoms with van der Waals surface area (Å²) in [4.78, 5) is 0.0551. The molecule has 1 N–H and O–H groups in total. The van der Waals surface area contributed by atoms with Crippen molar-refractivity contribution in [2.45, 2.75) is 35.8 Å². The first-order valence-corrected chi connectivity index (χ1v) is 12.0. The Morgan fingerprint density at radius 3 is 2.26 bits per heavy atom. The van der Waals surface area contributed by atoms with Gasteiger partial charge >= 0.3 is 0 Å². The fraction of sp³-hybridized carbons (Fsp3) is 0.647. The third-order valence-corrected chi connectivity index (χ3v) is 8.96. The average Bonchev–Trinajstić information content (AvgIpc) is 3.52. The number of benzene rings is 1. The van der Waals surface area contributed by atoms with Crippen LogP contribution in [0.1, 0.15) is 25.7 Å². The molecule has 1 aromatic rings. The zero-order valence-electron chi connectivity index (χ0n) is 15.5. The standard InChI is InChI=1S/C17H26N2O6S2/c1-24-14-3-6-17(16(11-14)25-2)26(20,21)18-12-13-7-9-19(10-8-13)27(22,23)15-4-5-15/h3,6,11,13,15,18H,4-5,7-10,12H2,1-2H3. The van der Waals surface area contributed by atoms with Crippen LogP contribution >= 0.6 is 0 Å². The van der Waals surface area contributed by atoms with Crippen LogP contribution in [0, 0.1) is 5.92 Å². The largest absolute Gasteiger partial charge is 0.497 e. The van der Waals surface area contributed by atoms with Gasteiger partial charge in [-0.3, -0.25) is 0 Å². The first-order chi connectivity index (χ1) is 12.8. The highest BCUT2D eigenvalue weighted by molar-refractivity contribution is 7.90. The van der Waals surface area contributed by atoms with Gasteiger partial charge in [0.25, 0.3) is 0 Å². The van der Waals surface area contributed by atoms with E-state index >= 15 is 0 Å². The topological polar surface area (TPSA) is 102 Å². The molecule has 2 fully saturated rings. The van der Waals surface area contributed by atoms with Gasteiger partial charge in [0.2, 0.25) is 20.0 Å². The highest BCUT2D eigenvalue weighted by atomic mass is 32.2. The van der Waals surface area contributed by atoms with Gasteiger partial charge in [-0.25, -0.2) is 25.9 Å². The Bertz CT molecular complexity index is 873. The highest BCUT2D eigenvalue weighted by Crippen LogP contribution is 2.33. The monoisotopic (exact) mass is 418 g/mol. The summed E-state index contributed by atoms with van der Waals surface area (Å²) in [7, 11) is -3.98.